The molecule has 1 aliphatic heterocycles. The molecular weight excluding hydrogens is 489 g/mol. The van der Waals surface area contributed by atoms with Crippen molar-refractivity contribution in [3.8, 4) is 0 Å². The van der Waals surface area contributed by atoms with Crippen LogP contribution >= 0.6 is 24.0 Å². The minimum absolute atomic E-state index is 0. The Morgan fingerprint density at radius 3 is 2.72 bits per heavy atom. The second-order valence-electron chi connectivity index (χ2n) is 6.40. The van der Waals surface area contributed by atoms with Crippen molar-refractivity contribution in [2.75, 3.05) is 31.1 Å². The lowest BCUT2D eigenvalue weighted by Crippen LogP contribution is -2.55. The third-order valence-corrected chi connectivity index (χ3v) is 4.45. The number of carbonyl (C=O) groups excluding carboxylic acids is 1. The van der Waals surface area contributed by atoms with E-state index >= 15 is 0 Å². The van der Waals surface area contributed by atoms with Crippen LogP contribution in [0.25, 0.3) is 0 Å². The van der Waals surface area contributed by atoms with E-state index in [1.54, 1.807) is 40.2 Å². The maximum Gasteiger partial charge on any atom is 0.274 e. The second-order valence-corrected chi connectivity index (χ2v) is 6.40. The molecule has 0 spiro atoms. The van der Waals surface area contributed by atoms with Gasteiger partial charge in [0.2, 0.25) is 5.91 Å². The highest BCUT2D eigenvalue weighted by Crippen LogP contribution is 2.19. The summed E-state index contributed by atoms with van der Waals surface area (Å²) in [6, 6.07) is 6.54. The summed E-state index contributed by atoms with van der Waals surface area (Å²) < 4.78 is 1.66. The average molecular weight is 513 g/mol. The molecule has 10 nitrogen and oxygen atoms in total. The highest BCUT2D eigenvalue weighted by Gasteiger charge is 2.27. The minimum atomic E-state index is -0.409. The van der Waals surface area contributed by atoms with Crippen LogP contribution in [0, 0.1) is 10.1 Å². The van der Waals surface area contributed by atoms with Crippen molar-refractivity contribution in [1.29, 1.82) is 0 Å². The van der Waals surface area contributed by atoms with Crippen LogP contribution in [0.2, 0.25) is 0 Å². The van der Waals surface area contributed by atoms with Crippen LogP contribution in [-0.2, 0) is 18.4 Å². The van der Waals surface area contributed by atoms with Crippen LogP contribution in [0.1, 0.15) is 12.5 Å². The van der Waals surface area contributed by atoms with Crippen molar-refractivity contribution in [2.45, 2.75) is 13.5 Å². The van der Waals surface area contributed by atoms with Gasteiger partial charge in [0, 0.05) is 38.9 Å². The third kappa shape index (κ3) is 5.43. The molecule has 1 N–H and O–H groups in total. The van der Waals surface area contributed by atoms with Crippen LogP contribution in [0.15, 0.2) is 41.7 Å². The number of aromatic nitrogens is 2. The zero-order valence-electron chi connectivity index (χ0n) is 16.3. The Morgan fingerprint density at radius 2 is 2.10 bits per heavy atom. The first kappa shape index (κ1) is 22.6. The smallest absolute Gasteiger partial charge is 0.274 e. The van der Waals surface area contributed by atoms with Crippen LogP contribution < -0.4 is 10.2 Å². The molecule has 0 unspecified atom stereocenters. The van der Waals surface area contributed by atoms with Gasteiger partial charge in [-0.25, -0.2) is 4.99 Å². The predicted molar refractivity (Wildman–Crippen MR) is 120 cm³/mol. The highest BCUT2D eigenvalue weighted by atomic mass is 127. The molecule has 0 radical (unpaired) electrons. The number of rotatable bonds is 5. The number of aliphatic imine (C=N–C) groups is 1. The van der Waals surface area contributed by atoms with Gasteiger partial charge in [-0.05, 0) is 6.92 Å². The van der Waals surface area contributed by atoms with Crippen molar-refractivity contribution >= 4 is 47.2 Å². The van der Waals surface area contributed by atoms with Gasteiger partial charge in [0.1, 0.15) is 6.54 Å². The number of piperazine rings is 1. The van der Waals surface area contributed by atoms with Crippen LogP contribution in [0.5, 0.6) is 0 Å². The van der Waals surface area contributed by atoms with Gasteiger partial charge >= 0.3 is 0 Å². The maximum atomic E-state index is 12.6. The quantitative estimate of drug-likeness (QED) is 0.215. The Morgan fingerprint density at radius 1 is 1.34 bits per heavy atom. The van der Waals surface area contributed by atoms with E-state index in [0.29, 0.717) is 31.2 Å². The van der Waals surface area contributed by atoms with Gasteiger partial charge in [-0.15, -0.1) is 24.0 Å². The molecule has 29 heavy (non-hydrogen) atoms. The minimum Gasteiger partial charge on any atom is -0.356 e. The molecule has 156 valence electrons. The van der Waals surface area contributed by atoms with Gasteiger partial charge in [0.25, 0.3) is 5.69 Å². The lowest BCUT2D eigenvalue weighted by Gasteiger charge is -2.35. The number of hydrogen-bond acceptors (Lipinski definition) is 5. The number of hydrogen-bond donors (Lipinski definition) is 1. The molecule has 0 aliphatic carbocycles. The summed E-state index contributed by atoms with van der Waals surface area (Å²) in [4.78, 5) is 31.5. The van der Waals surface area contributed by atoms with Crippen molar-refractivity contribution in [3.63, 3.8) is 0 Å². The monoisotopic (exact) mass is 513 g/mol. The Bertz CT molecular complexity index is 899. The molecule has 1 saturated heterocycles. The van der Waals surface area contributed by atoms with E-state index in [1.807, 2.05) is 18.9 Å². The van der Waals surface area contributed by atoms with E-state index < -0.39 is 4.92 Å². The largest absolute Gasteiger partial charge is 0.356 e. The fourth-order valence-corrected chi connectivity index (χ4v) is 3.08. The summed E-state index contributed by atoms with van der Waals surface area (Å²) in [6.45, 7) is 4.03. The fraction of sp³-hybridized carbons (Fsp3) is 0.389. The van der Waals surface area contributed by atoms with Gasteiger partial charge in [-0.1, -0.05) is 18.2 Å². The molecule has 1 fully saturated rings. The van der Waals surface area contributed by atoms with E-state index in [-0.39, 0.29) is 48.7 Å². The zero-order chi connectivity index (χ0) is 20.1. The number of para-hydroxylation sites is 1. The summed E-state index contributed by atoms with van der Waals surface area (Å²) in [5, 5.41) is 18.5. The van der Waals surface area contributed by atoms with Crippen molar-refractivity contribution < 1.29 is 9.72 Å². The number of halogens is 1. The lowest BCUT2D eigenvalue weighted by atomic mass is 10.2. The van der Waals surface area contributed by atoms with E-state index in [0.717, 1.165) is 5.69 Å². The number of aryl methyl sites for hydroxylation is 1. The number of benzene rings is 1. The van der Waals surface area contributed by atoms with E-state index in [9.17, 15) is 14.9 Å². The molecule has 1 aromatic carbocycles. The summed E-state index contributed by atoms with van der Waals surface area (Å²) in [6.07, 6.45) is 3.47. The number of carbonyl (C=O) groups is 1. The first-order valence-electron chi connectivity index (χ1n) is 9.04. The summed E-state index contributed by atoms with van der Waals surface area (Å²) in [5.74, 6) is 0.524. The molecule has 0 saturated carbocycles. The van der Waals surface area contributed by atoms with Gasteiger partial charge in [-0.2, -0.15) is 5.10 Å². The third-order valence-electron chi connectivity index (χ3n) is 4.45. The summed E-state index contributed by atoms with van der Waals surface area (Å²) in [7, 11) is 1.81. The molecule has 0 bridgehead atoms. The van der Waals surface area contributed by atoms with Crippen molar-refractivity contribution in [3.05, 3.63) is 52.3 Å². The molecule has 3 rings (SSSR count). The Kier molecular flexibility index (Phi) is 7.93. The Balaban J connectivity index is 0.00000300. The number of nitro benzene ring substituents is 1. The molecule has 2 heterocycles. The first-order chi connectivity index (χ1) is 13.5. The summed E-state index contributed by atoms with van der Waals surface area (Å²) in [5.41, 5.74) is 1.34. The Labute approximate surface area is 185 Å². The van der Waals surface area contributed by atoms with Gasteiger partial charge < -0.3 is 15.1 Å². The van der Waals surface area contributed by atoms with Crippen LogP contribution in [0.4, 0.5) is 11.4 Å². The van der Waals surface area contributed by atoms with E-state index in [1.165, 1.54) is 6.07 Å². The van der Waals surface area contributed by atoms with E-state index in [2.05, 4.69) is 15.4 Å². The lowest BCUT2D eigenvalue weighted by molar-refractivity contribution is -0.385. The molecule has 0 atom stereocenters. The second kappa shape index (κ2) is 10.2. The topological polar surface area (TPSA) is 109 Å². The number of nitro groups is 1. The normalized spacial score (nSPS) is 14.6. The Hall–Kier alpha value is -2.70. The number of amides is 1. The average Bonchev–Trinajstić information content (AvgIpc) is 3.11. The molecule has 1 aliphatic rings. The molecular formula is C18H24IN7O3. The van der Waals surface area contributed by atoms with Crippen molar-refractivity contribution in [2.24, 2.45) is 12.0 Å². The zero-order valence-corrected chi connectivity index (χ0v) is 18.6. The maximum absolute atomic E-state index is 12.6. The van der Waals surface area contributed by atoms with Crippen LogP contribution in [-0.4, -0.2) is 57.6 Å². The van der Waals surface area contributed by atoms with E-state index in [4.69, 9.17) is 0 Å². The fourth-order valence-electron chi connectivity index (χ4n) is 3.08. The van der Waals surface area contributed by atoms with Crippen LogP contribution in [0.3, 0.4) is 0 Å². The van der Waals surface area contributed by atoms with Gasteiger partial charge in [0.05, 0.1) is 28.9 Å². The van der Waals surface area contributed by atoms with Crippen molar-refractivity contribution in [1.82, 2.24) is 20.0 Å². The molecule has 1 aromatic heterocycles. The van der Waals surface area contributed by atoms with Gasteiger partial charge in [-0.3, -0.25) is 19.6 Å². The SMILES string of the molecule is CCNC(=NCc1ccccc1[N+](=O)[O-])N1CCN(c2cnn(C)c2)C(=O)C1.I. The number of nitrogens with zero attached hydrogens (tertiary/aromatic N) is 6. The van der Waals surface area contributed by atoms with Gasteiger partial charge in [0.15, 0.2) is 5.96 Å². The summed E-state index contributed by atoms with van der Waals surface area (Å²) >= 11 is 0. The number of guanidine groups is 1. The predicted octanol–water partition coefficient (Wildman–Crippen LogP) is 1.76. The molecule has 11 heteroatoms. The standard InChI is InChI=1S/C18H23N7O3.HI/c1-3-19-18(20-10-14-6-4-5-7-16(14)25(27)28)23-8-9-24(17(26)13-23)15-11-21-22(2)12-15;/h4-7,11-12H,3,8-10,13H2,1-2H3,(H,19,20);1H. The molecule has 2 aromatic rings. The highest BCUT2D eigenvalue weighted by molar-refractivity contribution is 14.0. The first-order valence-corrected chi connectivity index (χ1v) is 9.04. The molecule has 1 amide bonds. The number of anilines is 1. The number of nitrogens with one attached hydrogen (secondary N) is 1.